The van der Waals surface area contributed by atoms with Gasteiger partial charge in [-0.05, 0) is 79.5 Å². The van der Waals surface area contributed by atoms with Crippen molar-refractivity contribution in [2.75, 3.05) is 17.6 Å². The Kier molecular flexibility index (Phi) is 7.82. The molecule has 0 bridgehead atoms. The molecule has 0 saturated heterocycles. The highest BCUT2D eigenvalue weighted by molar-refractivity contribution is 7.92. The predicted octanol–water partition coefficient (Wildman–Crippen LogP) is 4.39. The first-order valence-corrected chi connectivity index (χ1v) is 13.2. The third-order valence-corrected chi connectivity index (χ3v) is 7.34. The molecule has 0 aromatic heterocycles. The number of benzene rings is 2. The Balaban J connectivity index is 1.67. The summed E-state index contributed by atoms with van der Waals surface area (Å²) in [5.41, 5.74) is 4.52. The van der Waals surface area contributed by atoms with Crippen LogP contribution < -0.4 is 14.4 Å². The highest BCUT2D eigenvalue weighted by Gasteiger charge is 2.23. The van der Waals surface area contributed by atoms with Gasteiger partial charge in [-0.3, -0.25) is 9.10 Å². The molecular formula is C25H34N2O4S. The van der Waals surface area contributed by atoms with Crippen molar-refractivity contribution >= 4 is 21.6 Å². The summed E-state index contributed by atoms with van der Waals surface area (Å²) < 4.78 is 30.5. The minimum absolute atomic E-state index is 0.0573. The number of nitrogens with zero attached hydrogens (tertiary/aromatic N) is 1. The van der Waals surface area contributed by atoms with Crippen LogP contribution in [0.2, 0.25) is 0 Å². The molecule has 1 amide bonds. The van der Waals surface area contributed by atoms with Crippen LogP contribution in [0.5, 0.6) is 5.75 Å². The molecule has 1 aliphatic carbocycles. The zero-order valence-electron chi connectivity index (χ0n) is 19.4. The number of fused-ring (bicyclic) bond motifs is 1. The average molecular weight is 459 g/mol. The van der Waals surface area contributed by atoms with E-state index in [1.54, 1.807) is 24.3 Å². The van der Waals surface area contributed by atoms with Gasteiger partial charge in [-0.2, -0.15) is 0 Å². The largest absolute Gasteiger partial charge is 0.481 e. The van der Waals surface area contributed by atoms with Gasteiger partial charge in [0.05, 0.1) is 18.0 Å². The maximum absolute atomic E-state index is 13.0. The van der Waals surface area contributed by atoms with Gasteiger partial charge < -0.3 is 10.1 Å². The summed E-state index contributed by atoms with van der Waals surface area (Å²) in [7, 11) is -1.83. The maximum atomic E-state index is 13.0. The van der Waals surface area contributed by atoms with E-state index in [4.69, 9.17) is 4.74 Å². The minimum atomic E-state index is -3.33. The summed E-state index contributed by atoms with van der Waals surface area (Å²) in [6.07, 6.45) is 6.58. The number of anilines is 1. The first-order valence-electron chi connectivity index (χ1n) is 11.4. The molecule has 1 aliphatic rings. The molecular weight excluding hydrogens is 424 g/mol. The smallest absolute Gasteiger partial charge is 0.261 e. The van der Waals surface area contributed by atoms with Crippen LogP contribution in [0.4, 0.5) is 5.69 Å². The molecule has 0 radical (unpaired) electrons. The predicted molar refractivity (Wildman–Crippen MR) is 129 cm³/mol. The topological polar surface area (TPSA) is 75.7 Å². The van der Waals surface area contributed by atoms with Gasteiger partial charge in [0.2, 0.25) is 10.0 Å². The lowest BCUT2D eigenvalue weighted by molar-refractivity contribution is -0.128. The number of hydrogen-bond acceptors (Lipinski definition) is 4. The number of aryl methyl sites for hydroxylation is 2. The van der Waals surface area contributed by atoms with Crippen molar-refractivity contribution in [1.82, 2.24) is 5.32 Å². The van der Waals surface area contributed by atoms with Crippen LogP contribution in [0.15, 0.2) is 42.5 Å². The molecule has 0 unspecified atom stereocenters. The zero-order chi connectivity index (χ0) is 23.3. The van der Waals surface area contributed by atoms with E-state index >= 15 is 0 Å². The SMILES string of the molecule is CC[C@@H](Oc1ccc(N(C)S(C)(=O)=O)cc1)C(=O)N[C@H](CC)c1ccc2c(c1)CCCC2. The van der Waals surface area contributed by atoms with Gasteiger partial charge in [-0.15, -0.1) is 0 Å². The van der Waals surface area contributed by atoms with Crippen molar-refractivity contribution in [3.8, 4) is 5.75 Å². The molecule has 0 aliphatic heterocycles. The first-order chi connectivity index (χ1) is 15.2. The summed E-state index contributed by atoms with van der Waals surface area (Å²) >= 11 is 0. The summed E-state index contributed by atoms with van der Waals surface area (Å²) in [6, 6.07) is 13.3. The fourth-order valence-corrected chi connectivity index (χ4v) is 4.57. The van der Waals surface area contributed by atoms with Crippen LogP contribution in [0, 0.1) is 0 Å². The van der Waals surface area contributed by atoms with Crippen LogP contribution >= 0.6 is 0 Å². The normalized spacial score (nSPS) is 15.4. The zero-order valence-corrected chi connectivity index (χ0v) is 20.2. The Morgan fingerprint density at radius 1 is 1.03 bits per heavy atom. The van der Waals surface area contributed by atoms with Crippen molar-refractivity contribution in [3.05, 3.63) is 59.2 Å². The molecule has 32 heavy (non-hydrogen) atoms. The quantitative estimate of drug-likeness (QED) is 0.605. The second kappa shape index (κ2) is 10.4. The molecule has 0 saturated carbocycles. The average Bonchev–Trinajstić information content (AvgIpc) is 2.79. The van der Waals surface area contributed by atoms with E-state index in [1.807, 2.05) is 6.92 Å². The Morgan fingerprint density at radius 3 is 2.28 bits per heavy atom. The van der Waals surface area contributed by atoms with E-state index in [-0.39, 0.29) is 11.9 Å². The number of hydrogen-bond donors (Lipinski definition) is 1. The van der Waals surface area contributed by atoms with Gasteiger partial charge in [0, 0.05) is 7.05 Å². The fourth-order valence-electron chi connectivity index (χ4n) is 4.07. The lowest BCUT2D eigenvalue weighted by Gasteiger charge is -2.24. The molecule has 0 spiro atoms. The minimum Gasteiger partial charge on any atom is -0.481 e. The van der Waals surface area contributed by atoms with Crippen molar-refractivity contribution < 1.29 is 17.9 Å². The van der Waals surface area contributed by atoms with Crippen molar-refractivity contribution in [2.45, 2.75) is 64.5 Å². The van der Waals surface area contributed by atoms with E-state index in [0.29, 0.717) is 17.9 Å². The first kappa shape index (κ1) is 24.1. The summed E-state index contributed by atoms with van der Waals surface area (Å²) in [5, 5.41) is 3.16. The van der Waals surface area contributed by atoms with E-state index < -0.39 is 16.1 Å². The van der Waals surface area contributed by atoms with Gasteiger partial charge >= 0.3 is 0 Å². The fraction of sp³-hybridized carbons (Fsp3) is 0.480. The maximum Gasteiger partial charge on any atom is 0.261 e. The lowest BCUT2D eigenvalue weighted by atomic mass is 9.88. The van der Waals surface area contributed by atoms with E-state index in [2.05, 4.69) is 30.4 Å². The monoisotopic (exact) mass is 458 g/mol. The molecule has 174 valence electrons. The van der Waals surface area contributed by atoms with E-state index in [0.717, 1.165) is 31.1 Å². The molecule has 0 fully saturated rings. The third kappa shape index (κ3) is 5.82. The highest BCUT2D eigenvalue weighted by Crippen LogP contribution is 2.27. The highest BCUT2D eigenvalue weighted by atomic mass is 32.2. The van der Waals surface area contributed by atoms with Gasteiger partial charge in [-0.25, -0.2) is 8.42 Å². The lowest BCUT2D eigenvalue weighted by Crippen LogP contribution is -2.40. The molecule has 2 aromatic carbocycles. The summed E-state index contributed by atoms with van der Waals surface area (Å²) in [5.74, 6) is 0.383. The van der Waals surface area contributed by atoms with Crippen LogP contribution in [0.25, 0.3) is 0 Å². The standard InChI is InChI=1S/C25H34N2O4S/c1-5-23(20-12-11-18-9-7-8-10-19(18)17-20)26-25(28)24(6-2)31-22-15-13-21(14-16-22)27(3)32(4,29)30/h11-17,23-24H,5-10H2,1-4H3,(H,26,28)/t23-,24-/m1/s1. The van der Waals surface area contributed by atoms with E-state index in [9.17, 15) is 13.2 Å². The molecule has 1 N–H and O–H groups in total. The van der Waals surface area contributed by atoms with Gasteiger partial charge in [0.15, 0.2) is 6.10 Å². The Morgan fingerprint density at radius 2 is 1.69 bits per heavy atom. The van der Waals surface area contributed by atoms with Crippen molar-refractivity contribution in [2.24, 2.45) is 0 Å². The van der Waals surface area contributed by atoms with E-state index in [1.165, 1.54) is 35.3 Å². The number of carbonyl (C=O) groups is 1. The summed E-state index contributed by atoms with van der Waals surface area (Å²) in [6.45, 7) is 3.99. The number of amides is 1. The number of rotatable bonds is 9. The summed E-state index contributed by atoms with van der Waals surface area (Å²) in [4.78, 5) is 13.0. The number of ether oxygens (including phenoxy) is 1. The van der Waals surface area contributed by atoms with Crippen LogP contribution in [-0.4, -0.2) is 33.7 Å². The Hall–Kier alpha value is -2.54. The molecule has 2 atom stereocenters. The van der Waals surface area contributed by atoms with Crippen molar-refractivity contribution in [1.29, 1.82) is 0 Å². The molecule has 6 nitrogen and oxygen atoms in total. The molecule has 2 aromatic rings. The van der Waals surface area contributed by atoms with Crippen LogP contribution in [0.3, 0.4) is 0 Å². The number of sulfonamides is 1. The van der Waals surface area contributed by atoms with Gasteiger partial charge in [0.25, 0.3) is 5.91 Å². The van der Waals surface area contributed by atoms with Crippen LogP contribution in [-0.2, 0) is 27.7 Å². The second-order valence-corrected chi connectivity index (χ2v) is 10.5. The van der Waals surface area contributed by atoms with Crippen molar-refractivity contribution in [3.63, 3.8) is 0 Å². The van der Waals surface area contributed by atoms with Crippen LogP contribution in [0.1, 0.15) is 62.3 Å². The molecule has 7 heteroatoms. The second-order valence-electron chi connectivity index (χ2n) is 8.44. The Labute approximate surface area is 192 Å². The number of carbonyl (C=O) groups excluding carboxylic acids is 1. The third-order valence-electron chi connectivity index (χ3n) is 6.14. The number of nitrogens with one attached hydrogen (secondary N) is 1. The van der Waals surface area contributed by atoms with Gasteiger partial charge in [-0.1, -0.05) is 32.0 Å². The molecule has 0 heterocycles. The molecule has 3 rings (SSSR count). The van der Waals surface area contributed by atoms with Gasteiger partial charge in [0.1, 0.15) is 5.75 Å². The Bertz CT molecular complexity index is 1030.